The standard InChI is InChI=1S/C26H45N3O5/c1-18(2)21(13-20-7-8-25(33-5)26(14-20)34-12-6-11-32-4)15-23(27)24(31)17-29-10-9-22(16-29)28-19(3)30/h7-8,14,18,21-24,31H,6,9-13,15-17,27H2,1-5H3,(H,28,30)/t21-,22+,23-,24-/m0/s1. The maximum atomic E-state index is 11.3. The Hall–Kier alpha value is -1.87. The first-order valence-electron chi connectivity index (χ1n) is 12.4. The van der Waals surface area contributed by atoms with Crippen molar-refractivity contribution in [2.45, 2.75) is 64.6 Å². The largest absolute Gasteiger partial charge is 0.493 e. The summed E-state index contributed by atoms with van der Waals surface area (Å²) in [5.41, 5.74) is 7.64. The number of β-amino-alcohol motifs (C(OH)–C–C–N with tert-alkyl or cyclic N) is 1. The lowest BCUT2D eigenvalue weighted by molar-refractivity contribution is -0.119. The number of methoxy groups -OCH3 is 2. The fourth-order valence-electron chi connectivity index (χ4n) is 4.55. The highest BCUT2D eigenvalue weighted by Gasteiger charge is 2.28. The fraction of sp³-hybridized carbons (Fsp3) is 0.731. The highest BCUT2D eigenvalue weighted by atomic mass is 16.5. The molecule has 1 aliphatic heterocycles. The molecule has 194 valence electrons. The van der Waals surface area contributed by atoms with Crippen LogP contribution in [0.2, 0.25) is 0 Å². The van der Waals surface area contributed by atoms with Crippen LogP contribution in [0.3, 0.4) is 0 Å². The van der Waals surface area contributed by atoms with Gasteiger partial charge >= 0.3 is 0 Å². The lowest BCUT2D eigenvalue weighted by Gasteiger charge is -2.29. The van der Waals surface area contributed by atoms with Crippen molar-refractivity contribution in [3.05, 3.63) is 23.8 Å². The Morgan fingerprint density at radius 3 is 2.68 bits per heavy atom. The zero-order valence-corrected chi connectivity index (χ0v) is 21.6. The van der Waals surface area contributed by atoms with E-state index in [9.17, 15) is 9.90 Å². The molecule has 1 aromatic rings. The average Bonchev–Trinajstić information content (AvgIpc) is 3.22. The van der Waals surface area contributed by atoms with Crippen LogP contribution in [0, 0.1) is 11.8 Å². The zero-order chi connectivity index (χ0) is 25.1. The minimum atomic E-state index is -0.604. The van der Waals surface area contributed by atoms with Crippen LogP contribution in [0.25, 0.3) is 0 Å². The molecule has 0 aliphatic carbocycles. The Morgan fingerprint density at radius 1 is 1.26 bits per heavy atom. The van der Waals surface area contributed by atoms with Crippen molar-refractivity contribution < 1.29 is 24.1 Å². The molecule has 1 fully saturated rings. The van der Waals surface area contributed by atoms with Gasteiger partial charge in [0.05, 0.1) is 19.8 Å². The first kappa shape index (κ1) is 28.4. The number of aliphatic hydroxyl groups excluding tert-OH is 1. The number of carbonyl (C=O) groups is 1. The molecule has 8 heteroatoms. The minimum Gasteiger partial charge on any atom is -0.493 e. The molecule has 1 heterocycles. The Bertz CT molecular complexity index is 745. The van der Waals surface area contributed by atoms with E-state index in [1.165, 1.54) is 5.56 Å². The first-order chi connectivity index (χ1) is 16.2. The van der Waals surface area contributed by atoms with Gasteiger partial charge in [-0.25, -0.2) is 0 Å². The van der Waals surface area contributed by atoms with Crippen molar-refractivity contribution in [2.24, 2.45) is 17.6 Å². The molecule has 1 aliphatic rings. The highest BCUT2D eigenvalue weighted by molar-refractivity contribution is 5.73. The fourth-order valence-corrected chi connectivity index (χ4v) is 4.55. The van der Waals surface area contributed by atoms with Crippen LogP contribution in [0.1, 0.15) is 45.6 Å². The van der Waals surface area contributed by atoms with Gasteiger partial charge in [-0.2, -0.15) is 0 Å². The van der Waals surface area contributed by atoms with Gasteiger partial charge in [0.1, 0.15) is 0 Å². The van der Waals surface area contributed by atoms with Gasteiger partial charge in [0, 0.05) is 58.8 Å². The summed E-state index contributed by atoms with van der Waals surface area (Å²) in [6.07, 6.45) is 2.70. The summed E-state index contributed by atoms with van der Waals surface area (Å²) >= 11 is 0. The molecule has 0 spiro atoms. The minimum absolute atomic E-state index is 0.00839. The van der Waals surface area contributed by atoms with Crippen molar-refractivity contribution in [3.8, 4) is 11.5 Å². The molecular formula is C26H45N3O5. The topological polar surface area (TPSA) is 106 Å². The predicted molar refractivity (Wildman–Crippen MR) is 134 cm³/mol. The lowest BCUT2D eigenvalue weighted by atomic mass is 9.83. The average molecular weight is 480 g/mol. The molecule has 0 aromatic heterocycles. The normalized spacial score (nSPS) is 19.1. The van der Waals surface area contributed by atoms with Gasteiger partial charge in [0.15, 0.2) is 11.5 Å². The second kappa shape index (κ2) is 14.5. The number of likely N-dealkylation sites (tertiary alicyclic amines) is 1. The van der Waals surface area contributed by atoms with Crippen molar-refractivity contribution in [1.82, 2.24) is 10.2 Å². The third-order valence-corrected chi connectivity index (χ3v) is 6.61. The summed E-state index contributed by atoms with van der Waals surface area (Å²) in [5, 5.41) is 13.8. The number of ether oxygens (including phenoxy) is 3. The van der Waals surface area contributed by atoms with Crippen LogP contribution in [0.15, 0.2) is 18.2 Å². The predicted octanol–water partition coefficient (Wildman–Crippen LogP) is 2.21. The molecule has 1 amide bonds. The molecule has 0 unspecified atom stereocenters. The molecule has 0 radical (unpaired) electrons. The number of carbonyl (C=O) groups excluding carboxylic acids is 1. The van der Waals surface area contributed by atoms with Crippen molar-refractivity contribution >= 4 is 5.91 Å². The summed E-state index contributed by atoms with van der Waals surface area (Å²) in [5.74, 6) is 2.20. The van der Waals surface area contributed by atoms with Crippen molar-refractivity contribution in [3.63, 3.8) is 0 Å². The molecule has 1 aromatic carbocycles. The van der Waals surface area contributed by atoms with E-state index in [4.69, 9.17) is 19.9 Å². The monoisotopic (exact) mass is 479 g/mol. The second-order valence-corrected chi connectivity index (χ2v) is 9.80. The van der Waals surface area contributed by atoms with Crippen LogP contribution in [-0.2, 0) is 16.0 Å². The van der Waals surface area contributed by atoms with Crippen LogP contribution in [-0.4, -0.2) is 81.2 Å². The summed E-state index contributed by atoms with van der Waals surface area (Å²) in [7, 11) is 3.33. The first-order valence-corrected chi connectivity index (χ1v) is 12.4. The number of hydrogen-bond donors (Lipinski definition) is 3. The molecule has 34 heavy (non-hydrogen) atoms. The Kier molecular flexibility index (Phi) is 12.1. The van der Waals surface area contributed by atoms with Crippen LogP contribution in [0.5, 0.6) is 11.5 Å². The Labute approximate surface area is 205 Å². The lowest BCUT2D eigenvalue weighted by Crippen LogP contribution is -2.45. The van der Waals surface area contributed by atoms with Crippen molar-refractivity contribution in [2.75, 3.05) is 47.1 Å². The van der Waals surface area contributed by atoms with E-state index in [2.05, 4.69) is 36.2 Å². The SMILES string of the molecule is COCCCOc1cc(C[C@@H](C[C@H](N)[C@@H](O)CN2CC[C@@H](NC(C)=O)C2)C(C)C)ccc1OC. The van der Waals surface area contributed by atoms with Crippen molar-refractivity contribution in [1.29, 1.82) is 0 Å². The maximum Gasteiger partial charge on any atom is 0.217 e. The Balaban J connectivity index is 1.93. The van der Waals surface area contributed by atoms with Crippen LogP contribution >= 0.6 is 0 Å². The number of nitrogens with zero attached hydrogens (tertiary/aromatic N) is 1. The zero-order valence-electron chi connectivity index (χ0n) is 21.6. The van der Waals surface area contributed by atoms with E-state index < -0.39 is 6.10 Å². The van der Waals surface area contributed by atoms with E-state index in [0.717, 1.165) is 50.3 Å². The van der Waals surface area contributed by atoms with Gasteiger partial charge in [0.25, 0.3) is 0 Å². The van der Waals surface area contributed by atoms with Gasteiger partial charge in [-0.05, 0) is 48.8 Å². The van der Waals surface area contributed by atoms with E-state index in [1.807, 2.05) is 6.07 Å². The van der Waals surface area contributed by atoms with Gasteiger partial charge in [0.2, 0.25) is 5.91 Å². The maximum absolute atomic E-state index is 11.3. The number of nitrogens with one attached hydrogen (secondary N) is 1. The second-order valence-electron chi connectivity index (χ2n) is 9.80. The molecule has 2 rings (SSSR count). The van der Waals surface area contributed by atoms with Gasteiger partial charge < -0.3 is 30.4 Å². The van der Waals surface area contributed by atoms with Crippen LogP contribution < -0.4 is 20.5 Å². The third kappa shape index (κ3) is 9.41. The van der Waals surface area contributed by atoms with Gasteiger partial charge in [-0.1, -0.05) is 19.9 Å². The van der Waals surface area contributed by atoms with Crippen LogP contribution in [0.4, 0.5) is 0 Å². The number of hydrogen-bond acceptors (Lipinski definition) is 7. The smallest absolute Gasteiger partial charge is 0.217 e. The molecule has 4 N–H and O–H groups in total. The highest BCUT2D eigenvalue weighted by Crippen LogP contribution is 2.31. The number of amides is 1. The number of benzene rings is 1. The quantitative estimate of drug-likeness (QED) is 0.331. The van der Waals surface area contributed by atoms with E-state index in [-0.39, 0.29) is 18.0 Å². The van der Waals surface area contributed by atoms with Gasteiger partial charge in [-0.15, -0.1) is 0 Å². The molecule has 0 saturated carbocycles. The molecule has 4 atom stereocenters. The van der Waals surface area contributed by atoms with E-state index >= 15 is 0 Å². The number of nitrogens with two attached hydrogens (primary N) is 1. The summed E-state index contributed by atoms with van der Waals surface area (Å²) in [6.45, 7) is 9.32. The Morgan fingerprint density at radius 2 is 2.03 bits per heavy atom. The van der Waals surface area contributed by atoms with E-state index in [0.29, 0.717) is 31.6 Å². The molecule has 0 bridgehead atoms. The van der Waals surface area contributed by atoms with Gasteiger partial charge in [-0.3, -0.25) is 9.69 Å². The molecule has 1 saturated heterocycles. The summed E-state index contributed by atoms with van der Waals surface area (Å²) in [4.78, 5) is 13.5. The molecule has 8 nitrogen and oxygen atoms in total. The number of rotatable bonds is 15. The van der Waals surface area contributed by atoms with E-state index in [1.54, 1.807) is 21.1 Å². The molecular weight excluding hydrogens is 434 g/mol. The summed E-state index contributed by atoms with van der Waals surface area (Å²) < 4.78 is 16.5. The third-order valence-electron chi connectivity index (χ3n) is 6.61. The number of aliphatic hydroxyl groups is 1. The summed E-state index contributed by atoms with van der Waals surface area (Å²) in [6, 6.07) is 5.92.